The highest BCUT2D eigenvalue weighted by molar-refractivity contribution is 9.10. The largest absolute Gasteiger partial charge is 0.452 e. The van der Waals surface area contributed by atoms with E-state index in [0.29, 0.717) is 10.2 Å². The van der Waals surface area contributed by atoms with Crippen molar-refractivity contribution in [2.24, 2.45) is 0 Å². The number of esters is 1. The van der Waals surface area contributed by atoms with Crippen LogP contribution >= 0.6 is 15.9 Å². The van der Waals surface area contributed by atoms with Gasteiger partial charge in [0, 0.05) is 21.8 Å². The number of hydrogen-bond acceptors (Lipinski definition) is 3. The molecule has 0 radical (unpaired) electrons. The fourth-order valence-corrected chi connectivity index (χ4v) is 2.38. The Morgan fingerprint density at radius 1 is 1.20 bits per heavy atom. The molecule has 0 aliphatic heterocycles. The number of amides is 1. The van der Waals surface area contributed by atoms with Gasteiger partial charge in [0.25, 0.3) is 5.91 Å². The number of halogens is 2. The molecular weight excluding hydrogens is 389 g/mol. The maximum atomic E-state index is 13.5. The summed E-state index contributed by atoms with van der Waals surface area (Å²) in [5.41, 5.74) is 2.03. The van der Waals surface area contributed by atoms with Crippen LogP contribution in [0.1, 0.15) is 18.1 Å². The fraction of sp³-hybridized carbons (Fsp3) is 0.158. The molecule has 0 aliphatic rings. The highest BCUT2D eigenvalue weighted by Crippen LogP contribution is 2.16. The minimum Gasteiger partial charge on any atom is -0.452 e. The molecule has 0 heterocycles. The molecule has 0 fully saturated rings. The smallest absolute Gasteiger partial charge is 0.331 e. The molecular formula is C19H17BrFNO3. The second-order valence-electron chi connectivity index (χ2n) is 5.21. The van der Waals surface area contributed by atoms with Gasteiger partial charge in [-0.15, -0.1) is 0 Å². The Morgan fingerprint density at radius 2 is 1.92 bits per heavy atom. The number of rotatable bonds is 6. The van der Waals surface area contributed by atoms with E-state index >= 15 is 0 Å². The zero-order valence-electron chi connectivity index (χ0n) is 13.6. The third kappa shape index (κ3) is 6.15. The van der Waals surface area contributed by atoms with Crippen molar-refractivity contribution < 1.29 is 18.7 Å². The molecule has 1 amide bonds. The van der Waals surface area contributed by atoms with Crippen LogP contribution < -0.4 is 5.32 Å². The van der Waals surface area contributed by atoms with Gasteiger partial charge in [0.15, 0.2) is 6.61 Å². The van der Waals surface area contributed by atoms with Gasteiger partial charge < -0.3 is 10.1 Å². The van der Waals surface area contributed by atoms with Crippen LogP contribution in [0.15, 0.2) is 53.0 Å². The number of nitrogens with one attached hydrogen (secondary N) is 1. The second-order valence-corrected chi connectivity index (χ2v) is 6.12. The van der Waals surface area contributed by atoms with E-state index in [1.807, 2.05) is 19.1 Å². The standard InChI is InChI=1S/C19H17BrFNO3/c1-2-13-3-7-16(8-4-13)22-18(23)12-25-19(24)10-5-14-11-15(20)6-9-17(14)21/h3-11H,2,12H2,1H3,(H,22,23)/b10-5+. The monoisotopic (exact) mass is 405 g/mol. The summed E-state index contributed by atoms with van der Waals surface area (Å²) in [6, 6.07) is 11.8. The number of carbonyl (C=O) groups excluding carboxylic acids is 2. The summed E-state index contributed by atoms with van der Waals surface area (Å²) >= 11 is 3.22. The van der Waals surface area contributed by atoms with Gasteiger partial charge in [0.05, 0.1) is 0 Å². The van der Waals surface area contributed by atoms with Gasteiger partial charge in [-0.1, -0.05) is 35.0 Å². The molecule has 0 aliphatic carbocycles. The number of carbonyl (C=O) groups is 2. The summed E-state index contributed by atoms with van der Waals surface area (Å²) in [5, 5.41) is 2.63. The molecule has 0 saturated carbocycles. The van der Waals surface area contributed by atoms with Gasteiger partial charge in [0.1, 0.15) is 5.82 Å². The molecule has 0 saturated heterocycles. The lowest BCUT2D eigenvalue weighted by atomic mass is 10.1. The Labute approximate surface area is 153 Å². The lowest BCUT2D eigenvalue weighted by molar-refractivity contribution is -0.142. The average Bonchev–Trinajstić information content (AvgIpc) is 2.61. The van der Waals surface area contributed by atoms with Gasteiger partial charge in [-0.05, 0) is 48.4 Å². The highest BCUT2D eigenvalue weighted by atomic mass is 79.9. The zero-order valence-corrected chi connectivity index (χ0v) is 15.2. The minimum absolute atomic E-state index is 0.242. The first-order valence-electron chi connectivity index (χ1n) is 7.66. The molecule has 2 rings (SSSR count). The van der Waals surface area contributed by atoms with E-state index in [0.717, 1.165) is 18.1 Å². The Hall–Kier alpha value is -2.47. The summed E-state index contributed by atoms with van der Waals surface area (Å²) in [5.74, 6) is -1.63. The molecule has 0 spiro atoms. The van der Waals surface area contributed by atoms with Crippen LogP contribution in [0.3, 0.4) is 0 Å². The van der Waals surface area contributed by atoms with Gasteiger partial charge >= 0.3 is 5.97 Å². The van der Waals surface area contributed by atoms with Crippen LogP contribution in [0.4, 0.5) is 10.1 Å². The third-order valence-corrected chi connectivity index (χ3v) is 3.84. The number of anilines is 1. The van der Waals surface area contributed by atoms with Crippen LogP contribution in [0.5, 0.6) is 0 Å². The molecule has 1 N–H and O–H groups in total. The maximum absolute atomic E-state index is 13.5. The summed E-state index contributed by atoms with van der Waals surface area (Å²) in [7, 11) is 0. The summed E-state index contributed by atoms with van der Waals surface area (Å²) < 4.78 is 19.1. The van der Waals surface area contributed by atoms with Crippen LogP contribution in [0.2, 0.25) is 0 Å². The molecule has 2 aromatic carbocycles. The predicted molar refractivity (Wildman–Crippen MR) is 98.5 cm³/mol. The molecule has 0 unspecified atom stereocenters. The molecule has 2 aromatic rings. The number of aryl methyl sites for hydroxylation is 1. The van der Waals surface area contributed by atoms with E-state index in [4.69, 9.17) is 4.74 Å². The number of ether oxygens (including phenoxy) is 1. The van der Waals surface area contributed by atoms with Gasteiger partial charge in [-0.25, -0.2) is 9.18 Å². The topological polar surface area (TPSA) is 55.4 Å². The molecule has 4 nitrogen and oxygen atoms in total. The van der Waals surface area contributed by atoms with Crippen molar-refractivity contribution in [1.29, 1.82) is 0 Å². The van der Waals surface area contributed by atoms with Gasteiger partial charge in [0.2, 0.25) is 0 Å². The average molecular weight is 406 g/mol. The molecule has 0 aromatic heterocycles. The van der Waals surface area contributed by atoms with Gasteiger partial charge in [-0.2, -0.15) is 0 Å². The van der Waals surface area contributed by atoms with Crippen molar-refractivity contribution in [3.8, 4) is 0 Å². The van der Waals surface area contributed by atoms with Crippen LogP contribution in [-0.2, 0) is 20.7 Å². The van der Waals surface area contributed by atoms with Crippen molar-refractivity contribution in [1.82, 2.24) is 0 Å². The Bertz CT molecular complexity index is 788. The molecule has 130 valence electrons. The maximum Gasteiger partial charge on any atom is 0.331 e. The Balaban J connectivity index is 1.83. The molecule has 0 bridgehead atoms. The minimum atomic E-state index is -0.726. The van der Waals surface area contributed by atoms with E-state index in [9.17, 15) is 14.0 Å². The highest BCUT2D eigenvalue weighted by Gasteiger charge is 2.06. The van der Waals surface area contributed by atoms with E-state index in [1.165, 1.54) is 18.2 Å². The number of benzene rings is 2. The molecule has 6 heteroatoms. The van der Waals surface area contributed by atoms with E-state index in [1.54, 1.807) is 18.2 Å². The van der Waals surface area contributed by atoms with Crippen molar-refractivity contribution in [2.75, 3.05) is 11.9 Å². The second kappa shape index (κ2) is 9.13. The van der Waals surface area contributed by atoms with E-state index in [-0.39, 0.29) is 5.56 Å². The van der Waals surface area contributed by atoms with Crippen LogP contribution in [0, 0.1) is 5.82 Å². The summed E-state index contributed by atoms with van der Waals surface area (Å²) in [6.45, 7) is 1.63. The van der Waals surface area contributed by atoms with Crippen molar-refractivity contribution in [3.05, 3.63) is 70.0 Å². The van der Waals surface area contributed by atoms with Crippen LogP contribution in [0.25, 0.3) is 6.08 Å². The SMILES string of the molecule is CCc1ccc(NC(=O)COC(=O)/C=C/c2cc(Br)ccc2F)cc1. The van der Waals surface area contributed by atoms with Crippen molar-refractivity contribution in [2.45, 2.75) is 13.3 Å². The molecule has 25 heavy (non-hydrogen) atoms. The third-order valence-electron chi connectivity index (χ3n) is 3.35. The summed E-state index contributed by atoms with van der Waals surface area (Å²) in [4.78, 5) is 23.4. The lowest BCUT2D eigenvalue weighted by Gasteiger charge is -2.06. The predicted octanol–water partition coefficient (Wildman–Crippen LogP) is 4.35. The van der Waals surface area contributed by atoms with Gasteiger partial charge in [-0.3, -0.25) is 4.79 Å². The fourth-order valence-electron chi connectivity index (χ4n) is 2.01. The van der Waals surface area contributed by atoms with Crippen molar-refractivity contribution >= 4 is 39.6 Å². The first kappa shape index (κ1) is 18.9. The Morgan fingerprint density at radius 3 is 2.60 bits per heavy atom. The number of hydrogen-bond donors (Lipinski definition) is 1. The summed E-state index contributed by atoms with van der Waals surface area (Å²) in [6.07, 6.45) is 3.29. The zero-order chi connectivity index (χ0) is 18.2. The van der Waals surface area contributed by atoms with E-state index in [2.05, 4.69) is 21.2 Å². The molecule has 0 atom stereocenters. The van der Waals surface area contributed by atoms with E-state index < -0.39 is 24.3 Å². The van der Waals surface area contributed by atoms with Crippen LogP contribution in [-0.4, -0.2) is 18.5 Å². The van der Waals surface area contributed by atoms with Crippen molar-refractivity contribution in [3.63, 3.8) is 0 Å². The first-order chi connectivity index (χ1) is 12.0. The quantitative estimate of drug-likeness (QED) is 0.574. The normalized spacial score (nSPS) is 10.7. The lowest BCUT2D eigenvalue weighted by Crippen LogP contribution is -2.20. The Kier molecular flexibility index (Phi) is 6.89. The first-order valence-corrected chi connectivity index (χ1v) is 8.46.